The van der Waals surface area contributed by atoms with Crippen molar-refractivity contribution in [2.75, 3.05) is 6.61 Å². The van der Waals surface area contributed by atoms with E-state index >= 15 is 0 Å². The quantitative estimate of drug-likeness (QED) is 0.502. The summed E-state index contributed by atoms with van der Waals surface area (Å²) in [5.41, 5.74) is 2.06. The molecule has 6 heteroatoms. The van der Waals surface area contributed by atoms with Crippen molar-refractivity contribution in [1.82, 2.24) is 0 Å². The summed E-state index contributed by atoms with van der Waals surface area (Å²) in [5, 5.41) is 39.8. The van der Waals surface area contributed by atoms with Crippen LogP contribution in [0.15, 0.2) is 23.3 Å². The molecule has 7 atom stereocenters. The zero-order valence-electron chi connectivity index (χ0n) is 17.0. The van der Waals surface area contributed by atoms with Gasteiger partial charge in [0.25, 0.3) is 0 Å². The highest BCUT2D eigenvalue weighted by Gasteiger charge is 2.47. The highest BCUT2D eigenvalue weighted by Crippen LogP contribution is 2.40. The van der Waals surface area contributed by atoms with Crippen molar-refractivity contribution in [3.63, 3.8) is 0 Å². The van der Waals surface area contributed by atoms with E-state index in [1.807, 2.05) is 6.92 Å². The second kappa shape index (κ2) is 9.63. The van der Waals surface area contributed by atoms with Crippen LogP contribution in [0.5, 0.6) is 0 Å². The van der Waals surface area contributed by atoms with Crippen LogP contribution in [-0.2, 0) is 9.47 Å². The van der Waals surface area contributed by atoms with Crippen molar-refractivity contribution in [3.8, 4) is 0 Å². The summed E-state index contributed by atoms with van der Waals surface area (Å²) in [4.78, 5) is 0. The highest BCUT2D eigenvalue weighted by atomic mass is 16.7. The van der Waals surface area contributed by atoms with Gasteiger partial charge in [-0.3, -0.25) is 0 Å². The summed E-state index contributed by atoms with van der Waals surface area (Å²) in [5.74, 6) is 0.263. The third kappa shape index (κ3) is 5.62. The number of rotatable bonds is 7. The standard InChI is InChI=1S/C21H36O6/c1-13(2)6-5-11-21(4,15-9-7-14(3)8-10-15)27-20-19(25)18(24)17(23)16(12-22)26-20/h6-7,15-20,22-25H,5,8-12H2,1-4H3/t15-,16+,17+,18-,19+,20-,21-/m0/s1. The number of aliphatic hydroxyl groups excluding tert-OH is 4. The van der Waals surface area contributed by atoms with E-state index < -0.39 is 42.9 Å². The van der Waals surface area contributed by atoms with Gasteiger partial charge >= 0.3 is 0 Å². The van der Waals surface area contributed by atoms with Gasteiger partial charge in [0.2, 0.25) is 0 Å². The molecule has 1 heterocycles. The van der Waals surface area contributed by atoms with E-state index in [-0.39, 0.29) is 5.92 Å². The molecule has 1 aliphatic carbocycles. The Labute approximate surface area is 162 Å². The van der Waals surface area contributed by atoms with E-state index in [2.05, 4.69) is 32.9 Å². The molecule has 27 heavy (non-hydrogen) atoms. The first-order chi connectivity index (χ1) is 12.7. The molecule has 0 aromatic heterocycles. The van der Waals surface area contributed by atoms with E-state index in [0.717, 1.165) is 32.1 Å². The summed E-state index contributed by atoms with van der Waals surface area (Å²) >= 11 is 0. The smallest absolute Gasteiger partial charge is 0.187 e. The third-order valence-electron chi connectivity index (χ3n) is 5.93. The van der Waals surface area contributed by atoms with Gasteiger partial charge in [0, 0.05) is 0 Å². The molecule has 0 saturated carbocycles. The van der Waals surface area contributed by atoms with E-state index in [0.29, 0.717) is 0 Å². The van der Waals surface area contributed by atoms with Gasteiger partial charge in [0.15, 0.2) is 6.29 Å². The lowest BCUT2D eigenvalue weighted by atomic mass is 9.76. The first-order valence-electron chi connectivity index (χ1n) is 9.95. The van der Waals surface area contributed by atoms with Gasteiger partial charge in [-0.1, -0.05) is 23.3 Å². The molecule has 0 amide bonds. The highest BCUT2D eigenvalue weighted by molar-refractivity contribution is 5.07. The molecule has 0 bridgehead atoms. The number of hydrogen-bond acceptors (Lipinski definition) is 6. The summed E-state index contributed by atoms with van der Waals surface area (Å²) in [6.07, 6.45) is 2.70. The SMILES string of the molecule is CC(C)=CCC[C@](C)(O[C@@H]1O[C@H](CO)[C@@H](O)[C@H](O)[C@H]1O)[C@H]1CC=C(C)CC1. The average Bonchev–Trinajstić information content (AvgIpc) is 2.62. The maximum atomic E-state index is 10.4. The Morgan fingerprint density at radius 1 is 1.26 bits per heavy atom. The van der Waals surface area contributed by atoms with Crippen LogP contribution in [0.25, 0.3) is 0 Å². The van der Waals surface area contributed by atoms with Crippen LogP contribution in [0, 0.1) is 5.92 Å². The molecule has 0 aromatic carbocycles. The molecule has 156 valence electrons. The molecule has 6 nitrogen and oxygen atoms in total. The summed E-state index contributed by atoms with van der Waals surface area (Å²) in [6, 6.07) is 0. The van der Waals surface area contributed by atoms with Crippen LogP contribution < -0.4 is 0 Å². The minimum absolute atomic E-state index is 0.263. The molecule has 0 radical (unpaired) electrons. The van der Waals surface area contributed by atoms with Crippen LogP contribution >= 0.6 is 0 Å². The number of aliphatic hydroxyl groups is 4. The minimum atomic E-state index is -1.42. The largest absolute Gasteiger partial charge is 0.394 e. The van der Waals surface area contributed by atoms with Crippen LogP contribution in [0.3, 0.4) is 0 Å². The second-order valence-electron chi connectivity index (χ2n) is 8.47. The van der Waals surface area contributed by atoms with E-state index in [1.165, 1.54) is 11.1 Å². The van der Waals surface area contributed by atoms with Crippen molar-refractivity contribution in [2.45, 2.75) is 96.1 Å². The fourth-order valence-electron chi connectivity index (χ4n) is 3.96. The summed E-state index contributed by atoms with van der Waals surface area (Å²) < 4.78 is 11.9. The van der Waals surface area contributed by atoms with Gasteiger partial charge in [-0.25, -0.2) is 0 Å². The molecule has 2 rings (SSSR count). The van der Waals surface area contributed by atoms with Crippen molar-refractivity contribution in [1.29, 1.82) is 0 Å². The van der Waals surface area contributed by atoms with Gasteiger partial charge in [0.05, 0.1) is 12.2 Å². The molecule has 0 aromatic rings. The molecule has 4 N–H and O–H groups in total. The monoisotopic (exact) mass is 384 g/mol. The number of allylic oxidation sites excluding steroid dienone is 4. The normalized spacial score (nSPS) is 36.7. The Balaban J connectivity index is 2.18. The van der Waals surface area contributed by atoms with Crippen molar-refractivity contribution in [3.05, 3.63) is 23.3 Å². The Bertz CT molecular complexity index is 539. The molecular weight excluding hydrogens is 348 g/mol. The molecule has 1 saturated heterocycles. The molecule has 1 fully saturated rings. The molecule has 0 spiro atoms. The van der Waals surface area contributed by atoms with Gasteiger partial charge in [-0.15, -0.1) is 0 Å². The Kier molecular flexibility index (Phi) is 8.04. The summed E-state index contributed by atoms with van der Waals surface area (Å²) in [7, 11) is 0. The van der Waals surface area contributed by atoms with Gasteiger partial charge in [-0.05, 0) is 65.7 Å². The maximum absolute atomic E-state index is 10.4. The lowest BCUT2D eigenvalue weighted by Crippen LogP contribution is -2.61. The average molecular weight is 385 g/mol. The minimum Gasteiger partial charge on any atom is -0.394 e. The van der Waals surface area contributed by atoms with Crippen LogP contribution in [0.2, 0.25) is 0 Å². The number of ether oxygens (including phenoxy) is 2. The Hall–Kier alpha value is -0.760. The van der Waals surface area contributed by atoms with Gasteiger partial charge in [-0.2, -0.15) is 0 Å². The Morgan fingerprint density at radius 2 is 1.96 bits per heavy atom. The number of hydrogen-bond donors (Lipinski definition) is 4. The zero-order chi connectivity index (χ0) is 20.2. The molecule has 0 unspecified atom stereocenters. The van der Waals surface area contributed by atoms with Gasteiger partial charge < -0.3 is 29.9 Å². The molecule has 2 aliphatic rings. The van der Waals surface area contributed by atoms with Crippen LogP contribution in [0.1, 0.15) is 59.8 Å². The van der Waals surface area contributed by atoms with Crippen molar-refractivity contribution in [2.24, 2.45) is 5.92 Å². The fraction of sp³-hybridized carbons (Fsp3) is 0.810. The third-order valence-corrected chi connectivity index (χ3v) is 5.93. The zero-order valence-corrected chi connectivity index (χ0v) is 17.0. The fourth-order valence-corrected chi connectivity index (χ4v) is 3.96. The van der Waals surface area contributed by atoms with E-state index in [9.17, 15) is 20.4 Å². The van der Waals surface area contributed by atoms with Gasteiger partial charge in [0.1, 0.15) is 24.4 Å². The van der Waals surface area contributed by atoms with Crippen molar-refractivity contribution < 1.29 is 29.9 Å². The topological polar surface area (TPSA) is 99.4 Å². The van der Waals surface area contributed by atoms with E-state index in [1.54, 1.807) is 0 Å². The predicted octanol–water partition coefficient (Wildman–Crippen LogP) is 2.05. The summed E-state index contributed by atoms with van der Waals surface area (Å²) in [6.45, 7) is 7.83. The Morgan fingerprint density at radius 3 is 2.52 bits per heavy atom. The predicted molar refractivity (Wildman–Crippen MR) is 103 cm³/mol. The molecule has 1 aliphatic heterocycles. The first kappa shape index (κ1) is 22.5. The maximum Gasteiger partial charge on any atom is 0.187 e. The second-order valence-corrected chi connectivity index (χ2v) is 8.47. The first-order valence-corrected chi connectivity index (χ1v) is 9.95. The van der Waals surface area contributed by atoms with E-state index in [4.69, 9.17) is 9.47 Å². The lowest BCUT2D eigenvalue weighted by molar-refractivity contribution is -0.331. The van der Waals surface area contributed by atoms with Crippen molar-refractivity contribution >= 4 is 0 Å². The molecular formula is C21H36O6. The van der Waals surface area contributed by atoms with Crippen LogP contribution in [-0.4, -0.2) is 63.3 Å². The lowest BCUT2D eigenvalue weighted by Gasteiger charge is -2.46. The van der Waals surface area contributed by atoms with Crippen LogP contribution in [0.4, 0.5) is 0 Å².